The lowest BCUT2D eigenvalue weighted by atomic mass is 9.87. The topological polar surface area (TPSA) is 41.1 Å². The van der Waals surface area contributed by atoms with Crippen LogP contribution in [0.4, 0.5) is 19.3 Å². The first kappa shape index (κ1) is 14.8. The predicted octanol–water partition coefficient (Wildman–Crippen LogP) is 4.06. The van der Waals surface area contributed by atoms with Crippen molar-refractivity contribution in [1.82, 2.24) is 5.32 Å². The zero-order valence-corrected chi connectivity index (χ0v) is 11.4. The van der Waals surface area contributed by atoms with E-state index in [1.807, 2.05) is 0 Å². The summed E-state index contributed by atoms with van der Waals surface area (Å²) in [6.07, 6.45) is 7.18. The SMILES string of the molecule is O=C(NCCC1CCCCC1)Nc1c(F)cccc1F. The minimum absolute atomic E-state index is 0.400. The monoisotopic (exact) mass is 282 g/mol. The molecule has 0 unspecified atom stereocenters. The van der Waals surface area contributed by atoms with Crippen molar-refractivity contribution in [1.29, 1.82) is 0 Å². The van der Waals surface area contributed by atoms with Crippen molar-refractivity contribution >= 4 is 11.7 Å². The summed E-state index contributed by atoms with van der Waals surface area (Å²) in [5, 5.41) is 4.87. The van der Waals surface area contributed by atoms with E-state index in [4.69, 9.17) is 0 Å². The quantitative estimate of drug-likeness (QED) is 0.859. The van der Waals surface area contributed by atoms with Gasteiger partial charge in [-0.2, -0.15) is 0 Å². The molecule has 0 spiro atoms. The molecule has 0 radical (unpaired) electrons. The molecule has 1 saturated carbocycles. The number of anilines is 1. The molecular formula is C15H20F2N2O. The van der Waals surface area contributed by atoms with Gasteiger partial charge in [-0.1, -0.05) is 38.2 Å². The molecule has 0 bridgehead atoms. The number of amides is 2. The molecule has 0 aromatic heterocycles. The Morgan fingerprint density at radius 3 is 2.45 bits per heavy atom. The zero-order chi connectivity index (χ0) is 14.4. The van der Waals surface area contributed by atoms with Crippen molar-refractivity contribution < 1.29 is 13.6 Å². The van der Waals surface area contributed by atoms with Crippen LogP contribution in [0.25, 0.3) is 0 Å². The fourth-order valence-electron chi connectivity index (χ4n) is 2.64. The maximum Gasteiger partial charge on any atom is 0.319 e. The molecule has 0 saturated heterocycles. The lowest BCUT2D eigenvalue weighted by Crippen LogP contribution is -2.31. The smallest absolute Gasteiger partial charge is 0.319 e. The van der Waals surface area contributed by atoms with Crippen molar-refractivity contribution in [2.45, 2.75) is 38.5 Å². The predicted molar refractivity (Wildman–Crippen MR) is 74.6 cm³/mol. The van der Waals surface area contributed by atoms with Gasteiger partial charge in [-0.25, -0.2) is 13.6 Å². The standard InChI is InChI=1S/C15H20F2N2O/c16-12-7-4-8-13(17)14(12)19-15(20)18-10-9-11-5-2-1-3-6-11/h4,7-8,11H,1-3,5-6,9-10H2,(H2,18,19,20). The van der Waals surface area contributed by atoms with E-state index in [0.717, 1.165) is 18.6 Å². The van der Waals surface area contributed by atoms with Crippen LogP contribution in [0.3, 0.4) is 0 Å². The van der Waals surface area contributed by atoms with E-state index in [1.54, 1.807) is 0 Å². The van der Waals surface area contributed by atoms with E-state index in [1.165, 1.54) is 38.2 Å². The number of benzene rings is 1. The van der Waals surface area contributed by atoms with Crippen molar-refractivity contribution in [3.63, 3.8) is 0 Å². The second kappa shape index (κ2) is 7.22. The summed E-state index contributed by atoms with van der Waals surface area (Å²) in [5.41, 5.74) is -0.400. The molecule has 0 heterocycles. The van der Waals surface area contributed by atoms with Crippen LogP contribution in [0.2, 0.25) is 0 Å². The molecule has 0 aliphatic heterocycles. The van der Waals surface area contributed by atoms with Gasteiger partial charge in [0.15, 0.2) is 0 Å². The van der Waals surface area contributed by atoms with Crippen LogP contribution in [0.5, 0.6) is 0 Å². The van der Waals surface area contributed by atoms with Crippen molar-refractivity contribution in [3.8, 4) is 0 Å². The van der Waals surface area contributed by atoms with Crippen molar-refractivity contribution in [2.24, 2.45) is 5.92 Å². The molecule has 1 aliphatic carbocycles. The molecule has 110 valence electrons. The van der Waals surface area contributed by atoms with Crippen LogP contribution in [0.1, 0.15) is 38.5 Å². The van der Waals surface area contributed by atoms with Gasteiger partial charge in [-0.3, -0.25) is 0 Å². The van der Waals surface area contributed by atoms with Gasteiger partial charge < -0.3 is 10.6 Å². The normalized spacial score (nSPS) is 15.9. The molecule has 5 heteroatoms. The highest BCUT2D eigenvalue weighted by atomic mass is 19.1. The highest BCUT2D eigenvalue weighted by molar-refractivity contribution is 5.89. The number of nitrogens with one attached hydrogen (secondary N) is 2. The largest absolute Gasteiger partial charge is 0.338 e. The summed E-state index contributed by atoms with van der Waals surface area (Å²) >= 11 is 0. The summed E-state index contributed by atoms with van der Waals surface area (Å²) in [4.78, 5) is 11.6. The average molecular weight is 282 g/mol. The van der Waals surface area contributed by atoms with Crippen LogP contribution in [-0.2, 0) is 0 Å². The zero-order valence-electron chi connectivity index (χ0n) is 11.4. The highest BCUT2D eigenvalue weighted by Crippen LogP contribution is 2.25. The van der Waals surface area contributed by atoms with Gasteiger partial charge in [0.1, 0.15) is 17.3 Å². The van der Waals surface area contributed by atoms with Crippen LogP contribution in [0.15, 0.2) is 18.2 Å². The molecule has 1 aromatic rings. The van der Waals surface area contributed by atoms with E-state index < -0.39 is 23.4 Å². The molecule has 2 amide bonds. The molecule has 1 aromatic carbocycles. The first-order chi connectivity index (χ1) is 9.66. The maximum atomic E-state index is 13.3. The first-order valence-electron chi connectivity index (χ1n) is 7.15. The lowest BCUT2D eigenvalue weighted by Gasteiger charge is -2.21. The Balaban J connectivity index is 1.75. The number of carbonyl (C=O) groups is 1. The van der Waals surface area contributed by atoms with Crippen molar-refractivity contribution in [3.05, 3.63) is 29.8 Å². The molecule has 2 N–H and O–H groups in total. The summed E-state index contributed by atoms with van der Waals surface area (Å²) in [5.74, 6) is -0.880. The van der Waals surface area contributed by atoms with E-state index in [-0.39, 0.29) is 0 Å². The van der Waals surface area contributed by atoms with Crippen LogP contribution in [-0.4, -0.2) is 12.6 Å². The molecule has 0 atom stereocenters. The molecule has 20 heavy (non-hydrogen) atoms. The Hall–Kier alpha value is -1.65. The third kappa shape index (κ3) is 4.18. The number of hydrogen-bond donors (Lipinski definition) is 2. The molecule has 2 rings (SSSR count). The van der Waals surface area contributed by atoms with Gasteiger partial charge in [0.05, 0.1) is 0 Å². The van der Waals surface area contributed by atoms with E-state index in [2.05, 4.69) is 10.6 Å². The maximum absolute atomic E-state index is 13.3. The molecule has 1 fully saturated rings. The average Bonchev–Trinajstić information content (AvgIpc) is 2.44. The van der Waals surface area contributed by atoms with E-state index in [9.17, 15) is 13.6 Å². The van der Waals surface area contributed by atoms with Gasteiger partial charge in [-0.05, 0) is 24.5 Å². The number of halogens is 2. The van der Waals surface area contributed by atoms with Crippen LogP contribution >= 0.6 is 0 Å². The van der Waals surface area contributed by atoms with Gasteiger partial charge in [-0.15, -0.1) is 0 Å². The fraction of sp³-hybridized carbons (Fsp3) is 0.533. The number of para-hydroxylation sites is 1. The van der Waals surface area contributed by atoms with Gasteiger partial charge >= 0.3 is 6.03 Å². The van der Waals surface area contributed by atoms with Crippen LogP contribution < -0.4 is 10.6 Å². The first-order valence-corrected chi connectivity index (χ1v) is 7.15. The summed E-state index contributed by atoms with van der Waals surface area (Å²) in [6.45, 7) is 0.534. The van der Waals surface area contributed by atoms with Gasteiger partial charge in [0.2, 0.25) is 0 Å². The lowest BCUT2D eigenvalue weighted by molar-refractivity contribution is 0.249. The third-order valence-electron chi connectivity index (χ3n) is 3.76. The second-order valence-electron chi connectivity index (χ2n) is 5.27. The number of urea groups is 1. The number of rotatable bonds is 4. The van der Waals surface area contributed by atoms with E-state index in [0.29, 0.717) is 12.5 Å². The number of hydrogen-bond acceptors (Lipinski definition) is 1. The van der Waals surface area contributed by atoms with Gasteiger partial charge in [0.25, 0.3) is 0 Å². The summed E-state index contributed by atoms with van der Waals surface area (Å²) in [7, 11) is 0. The highest BCUT2D eigenvalue weighted by Gasteiger charge is 2.14. The summed E-state index contributed by atoms with van der Waals surface area (Å²) < 4.78 is 26.7. The van der Waals surface area contributed by atoms with Gasteiger partial charge in [0, 0.05) is 6.54 Å². The Kier molecular flexibility index (Phi) is 5.32. The Labute approximate surface area is 117 Å². The Morgan fingerprint density at radius 1 is 1.15 bits per heavy atom. The second-order valence-corrected chi connectivity index (χ2v) is 5.27. The fourth-order valence-corrected chi connectivity index (χ4v) is 2.64. The molecule has 1 aliphatic rings. The molecule has 3 nitrogen and oxygen atoms in total. The number of carbonyl (C=O) groups excluding carboxylic acids is 1. The Morgan fingerprint density at radius 2 is 1.80 bits per heavy atom. The minimum Gasteiger partial charge on any atom is -0.338 e. The third-order valence-corrected chi connectivity index (χ3v) is 3.76. The van der Waals surface area contributed by atoms with Crippen LogP contribution in [0, 0.1) is 17.6 Å². The Bertz CT molecular complexity index is 439. The van der Waals surface area contributed by atoms with Crippen molar-refractivity contribution in [2.75, 3.05) is 11.9 Å². The van der Waals surface area contributed by atoms with E-state index >= 15 is 0 Å². The molecular weight excluding hydrogens is 262 g/mol. The minimum atomic E-state index is -0.771. The summed E-state index contributed by atoms with van der Waals surface area (Å²) in [6, 6.07) is 2.92.